The molecule has 22 heavy (non-hydrogen) atoms. The van der Waals surface area contributed by atoms with Gasteiger partial charge in [0.25, 0.3) is 11.1 Å². The fourth-order valence-corrected chi connectivity index (χ4v) is 2.70. The number of amides is 2. The van der Waals surface area contributed by atoms with Gasteiger partial charge in [-0.1, -0.05) is 6.07 Å². The summed E-state index contributed by atoms with van der Waals surface area (Å²) in [5.74, 6) is -1.47. The summed E-state index contributed by atoms with van der Waals surface area (Å²) in [5.41, 5.74) is 1.94. The average Bonchev–Trinajstić information content (AvgIpc) is 3.00. The van der Waals surface area contributed by atoms with E-state index in [9.17, 15) is 14.4 Å². The molecule has 6 nitrogen and oxygen atoms in total. The van der Waals surface area contributed by atoms with E-state index in [4.69, 9.17) is 9.52 Å². The quantitative estimate of drug-likeness (QED) is 0.845. The van der Waals surface area contributed by atoms with Crippen LogP contribution in [-0.2, 0) is 9.59 Å². The molecule has 0 aliphatic carbocycles. The highest BCUT2D eigenvalue weighted by Gasteiger charge is 2.24. The van der Waals surface area contributed by atoms with Gasteiger partial charge in [0.2, 0.25) is 0 Å². The maximum atomic E-state index is 11.5. The second kappa shape index (κ2) is 5.53. The van der Waals surface area contributed by atoms with E-state index in [1.807, 2.05) is 0 Å². The Bertz CT molecular complexity index is 862. The third-order valence-corrected chi connectivity index (χ3v) is 3.78. The number of furan rings is 1. The minimum absolute atomic E-state index is 0.315. The Morgan fingerprint density at radius 1 is 1.32 bits per heavy atom. The summed E-state index contributed by atoms with van der Waals surface area (Å²) in [6, 6.07) is 5.24. The lowest BCUT2D eigenvalue weighted by atomic mass is 10.1. The highest BCUT2D eigenvalue weighted by Crippen LogP contribution is 2.28. The lowest BCUT2D eigenvalue weighted by molar-refractivity contribution is -0.131. The van der Waals surface area contributed by atoms with Crippen LogP contribution < -0.4 is 5.32 Å². The van der Waals surface area contributed by atoms with Gasteiger partial charge < -0.3 is 9.52 Å². The largest absolute Gasteiger partial charge is 0.478 e. The Morgan fingerprint density at radius 3 is 2.82 bits per heavy atom. The van der Waals surface area contributed by atoms with Crippen LogP contribution in [0.2, 0.25) is 0 Å². The number of nitrogens with one attached hydrogen (secondary N) is 1. The second-order valence-corrected chi connectivity index (χ2v) is 5.49. The standard InChI is InChI=1S/C15H9NO5S/c17-13(18)4-2-9-7-21-11-3-1-8(5-10(9)11)6-12-14(19)16-15(20)22-12/h1-7H,(H,17,18)(H,16,19,20)/b4-2+,12-6-. The summed E-state index contributed by atoms with van der Waals surface area (Å²) in [7, 11) is 0. The lowest BCUT2D eigenvalue weighted by Gasteiger charge is -1.96. The molecule has 1 saturated heterocycles. The molecule has 7 heteroatoms. The summed E-state index contributed by atoms with van der Waals surface area (Å²) >= 11 is 0.841. The molecular weight excluding hydrogens is 306 g/mol. The van der Waals surface area contributed by atoms with Crippen molar-refractivity contribution in [1.29, 1.82) is 0 Å². The molecule has 1 fully saturated rings. The SMILES string of the molecule is O=C(O)/C=C/c1coc2ccc(/C=C3\SC(=O)NC3=O)cc12. The number of hydrogen-bond donors (Lipinski definition) is 2. The molecule has 0 saturated carbocycles. The van der Waals surface area contributed by atoms with Crippen molar-refractivity contribution in [3.8, 4) is 0 Å². The zero-order valence-corrected chi connectivity index (χ0v) is 11.8. The van der Waals surface area contributed by atoms with Gasteiger partial charge >= 0.3 is 5.97 Å². The van der Waals surface area contributed by atoms with E-state index in [1.165, 1.54) is 12.3 Å². The molecule has 2 heterocycles. The number of carbonyl (C=O) groups is 3. The molecule has 1 aliphatic rings. The summed E-state index contributed by atoms with van der Waals surface area (Å²) in [6.45, 7) is 0. The Hall–Kier alpha value is -2.80. The topological polar surface area (TPSA) is 96.6 Å². The molecule has 110 valence electrons. The van der Waals surface area contributed by atoms with Gasteiger partial charge in [0, 0.05) is 17.0 Å². The van der Waals surface area contributed by atoms with E-state index in [0.717, 1.165) is 23.2 Å². The average molecular weight is 315 g/mol. The lowest BCUT2D eigenvalue weighted by Crippen LogP contribution is -2.17. The van der Waals surface area contributed by atoms with Crippen molar-refractivity contribution in [2.75, 3.05) is 0 Å². The number of imide groups is 1. The molecule has 1 aromatic heterocycles. The van der Waals surface area contributed by atoms with Crippen molar-refractivity contribution in [2.24, 2.45) is 0 Å². The number of carboxylic acids is 1. The van der Waals surface area contributed by atoms with Crippen LogP contribution in [0.1, 0.15) is 11.1 Å². The van der Waals surface area contributed by atoms with E-state index in [0.29, 0.717) is 21.6 Å². The molecule has 2 amide bonds. The van der Waals surface area contributed by atoms with Crippen LogP contribution in [0.5, 0.6) is 0 Å². The number of carboxylic acid groups (broad SMARTS) is 1. The molecule has 0 radical (unpaired) electrons. The maximum absolute atomic E-state index is 11.5. The van der Waals surface area contributed by atoms with Crippen LogP contribution in [0.25, 0.3) is 23.1 Å². The van der Waals surface area contributed by atoms with Gasteiger partial charge in [0.15, 0.2) is 0 Å². The van der Waals surface area contributed by atoms with E-state index in [1.54, 1.807) is 24.3 Å². The summed E-state index contributed by atoms with van der Waals surface area (Å²) in [6.07, 6.45) is 5.52. The maximum Gasteiger partial charge on any atom is 0.328 e. The van der Waals surface area contributed by atoms with Crippen LogP contribution in [0.15, 0.2) is 39.9 Å². The fraction of sp³-hybridized carbons (Fsp3) is 0. The zero-order valence-electron chi connectivity index (χ0n) is 11.0. The first-order valence-electron chi connectivity index (χ1n) is 6.20. The van der Waals surface area contributed by atoms with Crippen molar-refractivity contribution in [1.82, 2.24) is 5.32 Å². The van der Waals surface area contributed by atoms with Gasteiger partial charge in [-0.15, -0.1) is 0 Å². The molecule has 0 unspecified atom stereocenters. The fourth-order valence-electron chi connectivity index (χ4n) is 2.02. The number of benzene rings is 1. The van der Waals surface area contributed by atoms with Gasteiger partial charge in [-0.25, -0.2) is 4.79 Å². The van der Waals surface area contributed by atoms with Gasteiger partial charge in [0.05, 0.1) is 11.2 Å². The minimum atomic E-state index is -1.05. The molecule has 1 aliphatic heterocycles. The Kier molecular flexibility index (Phi) is 3.56. The minimum Gasteiger partial charge on any atom is -0.478 e. The van der Waals surface area contributed by atoms with E-state index in [-0.39, 0.29) is 0 Å². The Balaban J connectivity index is 2.00. The molecule has 2 aromatic rings. The van der Waals surface area contributed by atoms with Crippen molar-refractivity contribution in [2.45, 2.75) is 0 Å². The molecule has 1 aromatic carbocycles. The van der Waals surface area contributed by atoms with Crippen molar-refractivity contribution >= 4 is 52.0 Å². The Morgan fingerprint density at radius 2 is 2.14 bits per heavy atom. The number of thioether (sulfide) groups is 1. The normalized spacial score (nSPS) is 16.8. The summed E-state index contributed by atoms with van der Waals surface area (Å²) in [5, 5.41) is 11.2. The van der Waals surface area contributed by atoms with Crippen molar-refractivity contribution < 1.29 is 23.9 Å². The third-order valence-electron chi connectivity index (χ3n) is 2.97. The van der Waals surface area contributed by atoms with E-state index >= 15 is 0 Å². The highest BCUT2D eigenvalue weighted by molar-refractivity contribution is 8.18. The zero-order chi connectivity index (χ0) is 15.7. The number of aliphatic carboxylic acids is 1. The molecule has 0 spiro atoms. The molecular formula is C15H9NO5S. The Labute approximate surface area is 128 Å². The number of fused-ring (bicyclic) bond motifs is 1. The van der Waals surface area contributed by atoms with Gasteiger partial charge in [-0.2, -0.15) is 0 Å². The highest BCUT2D eigenvalue weighted by atomic mass is 32.2. The monoisotopic (exact) mass is 315 g/mol. The van der Waals surface area contributed by atoms with Gasteiger partial charge in [-0.05, 0) is 41.6 Å². The first-order valence-corrected chi connectivity index (χ1v) is 7.02. The van der Waals surface area contributed by atoms with E-state index in [2.05, 4.69) is 5.32 Å². The summed E-state index contributed by atoms with van der Waals surface area (Å²) < 4.78 is 5.34. The van der Waals surface area contributed by atoms with Crippen molar-refractivity contribution in [3.05, 3.63) is 46.6 Å². The third kappa shape index (κ3) is 2.79. The predicted molar refractivity (Wildman–Crippen MR) is 82.0 cm³/mol. The second-order valence-electron chi connectivity index (χ2n) is 4.47. The first-order chi connectivity index (χ1) is 10.5. The van der Waals surface area contributed by atoms with Crippen LogP contribution in [0.4, 0.5) is 4.79 Å². The van der Waals surface area contributed by atoms with Crippen LogP contribution in [-0.4, -0.2) is 22.2 Å². The van der Waals surface area contributed by atoms with Gasteiger partial charge in [-0.3, -0.25) is 14.9 Å². The van der Waals surface area contributed by atoms with E-state index < -0.39 is 17.1 Å². The molecule has 0 atom stereocenters. The number of hydrogen-bond acceptors (Lipinski definition) is 5. The number of carbonyl (C=O) groups excluding carboxylic acids is 2. The molecule has 3 rings (SSSR count). The molecule has 2 N–H and O–H groups in total. The van der Waals surface area contributed by atoms with Crippen molar-refractivity contribution in [3.63, 3.8) is 0 Å². The van der Waals surface area contributed by atoms with Crippen LogP contribution >= 0.6 is 11.8 Å². The molecule has 0 bridgehead atoms. The van der Waals surface area contributed by atoms with Crippen LogP contribution in [0.3, 0.4) is 0 Å². The number of rotatable bonds is 3. The first kappa shape index (κ1) is 14.2. The predicted octanol–water partition coefficient (Wildman–Crippen LogP) is 2.85. The smallest absolute Gasteiger partial charge is 0.328 e. The van der Waals surface area contributed by atoms with Gasteiger partial charge in [0.1, 0.15) is 5.58 Å². The van der Waals surface area contributed by atoms with Crippen LogP contribution in [0, 0.1) is 0 Å². The summed E-state index contributed by atoms with van der Waals surface area (Å²) in [4.78, 5) is 33.6.